The summed E-state index contributed by atoms with van der Waals surface area (Å²) in [5.74, 6) is 0.649. The number of hydrogen-bond donors (Lipinski definition) is 1. The Labute approximate surface area is 119 Å². The summed E-state index contributed by atoms with van der Waals surface area (Å²) in [5, 5.41) is 0. The van der Waals surface area contributed by atoms with Gasteiger partial charge in [-0.3, -0.25) is 4.79 Å². The van der Waals surface area contributed by atoms with E-state index in [4.69, 9.17) is 18.0 Å². The zero-order valence-corrected chi connectivity index (χ0v) is 12.2. The molecular weight excluding hydrogens is 256 g/mol. The molecule has 2 rings (SSSR count). The molecule has 0 spiro atoms. The van der Waals surface area contributed by atoms with Gasteiger partial charge in [-0.2, -0.15) is 0 Å². The van der Waals surface area contributed by atoms with E-state index in [9.17, 15) is 4.79 Å². The molecule has 2 unspecified atom stereocenters. The Morgan fingerprint density at radius 2 is 2.00 bits per heavy atom. The summed E-state index contributed by atoms with van der Waals surface area (Å²) in [6.07, 6.45) is 2.26. The molecule has 1 aliphatic rings. The molecule has 4 heteroatoms. The number of amides is 1. The standard InChI is InChI=1S/C15H20N2OS/c1-10-6-7-11(2)17(9-10)15(18)13-5-3-4-12(8-13)14(16)19/h3-5,8,10-11H,6-7,9H2,1-2H3,(H2,16,19). The van der Waals surface area contributed by atoms with E-state index in [0.717, 1.165) is 18.5 Å². The van der Waals surface area contributed by atoms with Crippen LogP contribution >= 0.6 is 12.2 Å². The van der Waals surface area contributed by atoms with Crippen LogP contribution in [0.2, 0.25) is 0 Å². The maximum Gasteiger partial charge on any atom is 0.254 e. The fourth-order valence-electron chi connectivity index (χ4n) is 2.54. The summed E-state index contributed by atoms with van der Waals surface area (Å²) in [6, 6.07) is 7.59. The van der Waals surface area contributed by atoms with E-state index < -0.39 is 0 Å². The van der Waals surface area contributed by atoms with Crippen molar-refractivity contribution in [2.75, 3.05) is 6.54 Å². The first kappa shape index (κ1) is 14.0. The SMILES string of the molecule is CC1CCC(C)N(C(=O)c2cccc(C(N)=S)c2)C1. The number of nitrogens with zero attached hydrogens (tertiary/aromatic N) is 1. The number of nitrogens with two attached hydrogens (primary N) is 1. The molecule has 1 amide bonds. The van der Waals surface area contributed by atoms with Crippen LogP contribution in [0.25, 0.3) is 0 Å². The second-order valence-corrected chi connectivity index (χ2v) is 5.87. The van der Waals surface area contributed by atoms with E-state index in [1.165, 1.54) is 6.42 Å². The molecule has 2 atom stereocenters. The summed E-state index contributed by atoms with van der Waals surface area (Å²) >= 11 is 4.96. The molecule has 1 heterocycles. The molecule has 0 saturated carbocycles. The third kappa shape index (κ3) is 3.13. The average molecular weight is 276 g/mol. The van der Waals surface area contributed by atoms with Crippen molar-refractivity contribution in [2.45, 2.75) is 32.7 Å². The molecule has 0 aliphatic carbocycles. The molecule has 19 heavy (non-hydrogen) atoms. The van der Waals surface area contributed by atoms with Crippen molar-refractivity contribution in [1.82, 2.24) is 4.90 Å². The van der Waals surface area contributed by atoms with Crippen LogP contribution in [-0.2, 0) is 0 Å². The van der Waals surface area contributed by atoms with Gasteiger partial charge in [0.1, 0.15) is 4.99 Å². The number of thiocarbonyl (C=S) groups is 1. The minimum atomic E-state index is 0.0807. The van der Waals surface area contributed by atoms with Crippen molar-refractivity contribution in [2.24, 2.45) is 11.7 Å². The molecule has 0 radical (unpaired) electrons. The number of hydrogen-bond acceptors (Lipinski definition) is 2. The Morgan fingerprint density at radius 1 is 1.32 bits per heavy atom. The number of benzene rings is 1. The van der Waals surface area contributed by atoms with Gasteiger partial charge in [0, 0.05) is 23.7 Å². The first-order chi connectivity index (χ1) is 8.99. The van der Waals surface area contributed by atoms with E-state index in [0.29, 0.717) is 22.5 Å². The number of piperidine rings is 1. The van der Waals surface area contributed by atoms with E-state index in [1.807, 2.05) is 23.1 Å². The van der Waals surface area contributed by atoms with Crippen LogP contribution in [-0.4, -0.2) is 28.4 Å². The molecule has 1 fully saturated rings. The summed E-state index contributed by atoms with van der Waals surface area (Å²) in [7, 11) is 0. The van der Waals surface area contributed by atoms with Gasteiger partial charge in [0.05, 0.1) is 0 Å². The van der Waals surface area contributed by atoms with Crippen LogP contribution < -0.4 is 5.73 Å². The van der Waals surface area contributed by atoms with Gasteiger partial charge >= 0.3 is 0 Å². The third-order valence-electron chi connectivity index (χ3n) is 3.77. The molecule has 102 valence electrons. The van der Waals surface area contributed by atoms with Gasteiger partial charge in [0.15, 0.2) is 0 Å². The van der Waals surface area contributed by atoms with Crippen molar-refractivity contribution >= 4 is 23.1 Å². The molecular formula is C15H20N2OS. The van der Waals surface area contributed by atoms with Gasteiger partial charge in [-0.1, -0.05) is 31.3 Å². The molecule has 1 aromatic rings. The van der Waals surface area contributed by atoms with Crippen molar-refractivity contribution in [1.29, 1.82) is 0 Å². The lowest BCUT2D eigenvalue weighted by Gasteiger charge is -2.37. The summed E-state index contributed by atoms with van der Waals surface area (Å²) in [4.78, 5) is 14.9. The molecule has 0 aromatic heterocycles. The topological polar surface area (TPSA) is 46.3 Å². The highest BCUT2D eigenvalue weighted by molar-refractivity contribution is 7.80. The Hall–Kier alpha value is -1.42. The number of carbonyl (C=O) groups is 1. The monoisotopic (exact) mass is 276 g/mol. The quantitative estimate of drug-likeness (QED) is 0.845. The zero-order valence-electron chi connectivity index (χ0n) is 11.4. The first-order valence-electron chi connectivity index (χ1n) is 6.70. The van der Waals surface area contributed by atoms with E-state index in [-0.39, 0.29) is 5.91 Å². The summed E-state index contributed by atoms with van der Waals surface area (Å²) in [5.41, 5.74) is 7.04. The predicted octanol–water partition coefficient (Wildman–Crippen LogP) is 2.58. The molecule has 1 aliphatic heterocycles. The van der Waals surface area contributed by atoms with Gasteiger partial charge in [0.2, 0.25) is 0 Å². The van der Waals surface area contributed by atoms with Gasteiger partial charge < -0.3 is 10.6 Å². The van der Waals surface area contributed by atoms with Gasteiger partial charge in [-0.05, 0) is 37.8 Å². The van der Waals surface area contributed by atoms with Crippen molar-refractivity contribution in [3.8, 4) is 0 Å². The van der Waals surface area contributed by atoms with E-state index in [1.54, 1.807) is 6.07 Å². The van der Waals surface area contributed by atoms with Crippen LogP contribution in [0, 0.1) is 5.92 Å². The average Bonchev–Trinajstić information content (AvgIpc) is 2.41. The molecule has 2 N–H and O–H groups in total. The Kier molecular flexibility index (Phi) is 4.20. The second kappa shape index (κ2) is 5.70. The van der Waals surface area contributed by atoms with Gasteiger partial charge in [-0.25, -0.2) is 0 Å². The molecule has 1 saturated heterocycles. The highest BCUT2D eigenvalue weighted by Crippen LogP contribution is 2.23. The molecule has 0 bridgehead atoms. The van der Waals surface area contributed by atoms with Crippen molar-refractivity contribution in [3.05, 3.63) is 35.4 Å². The van der Waals surface area contributed by atoms with Crippen LogP contribution in [0.15, 0.2) is 24.3 Å². The first-order valence-corrected chi connectivity index (χ1v) is 7.10. The summed E-state index contributed by atoms with van der Waals surface area (Å²) in [6.45, 7) is 5.14. The highest BCUT2D eigenvalue weighted by atomic mass is 32.1. The Morgan fingerprint density at radius 3 is 2.68 bits per heavy atom. The smallest absolute Gasteiger partial charge is 0.254 e. The largest absolute Gasteiger partial charge is 0.389 e. The van der Waals surface area contributed by atoms with Crippen LogP contribution in [0.3, 0.4) is 0 Å². The molecule has 1 aromatic carbocycles. The fraction of sp³-hybridized carbons (Fsp3) is 0.467. The van der Waals surface area contributed by atoms with Crippen LogP contribution in [0.5, 0.6) is 0 Å². The van der Waals surface area contributed by atoms with Crippen LogP contribution in [0.4, 0.5) is 0 Å². The zero-order chi connectivity index (χ0) is 14.0. The van der Waals surface area contributed by atoms with E-state index in [2.05, 4.69) is 13.8 Å². The second-order valence-electron chi connectivity index (χ2n) is 5.43. The maximum atomic E-state index is 12.6. The Bertz CT molecular complexity index is 501. The van der Waals surface area contributed by atoms with Crippen LogP contribution in [0.1, 0.15) is 42.6 Å². The maximum absolute atomic E-state index is 12.6. The van der Waals surface area contributed by atoms with Gasteiger partial charge in [-0.15, -0.1) is 0 Å². The van der Waals surface area contributed by atoms with Crippen molar-refractivity contribution in [3.63, 3.8) is 0 Å². The minimum Gasteiger partial charge on any atom is -0.389 e. The number of rotatable bonds is 2. The number of carbonyl (C=O) groups excluding carboxylic acids is 1. The van der Waals surface area contributed by atoms with Gasteiger partial charge in [0.25, 0.3) is 5.91 Å². The lowest BCUT2D eigenvalue weighted by molar-refractivity contribution is 0.0574. The van der Waals surface area contributed by atoms with E-state index >= 15 is 0 Å². The fourth-order valence-corrected chi connectivity index (χ4v) is 2.67. The summed E-state index contributed by atoms with van der Waals surface area (Å²) < 4.78 is 0. The Balaban J connectivity index is 2.23. The minimum absolute atomic E-state index is 0.0807. The normalized spacial score (nSPS) is 23.2. The lowest BCUT2D eigenvalue weighted by Crippen LogP contribution is -2.44. The third-order valence-corrected chi connectivity index (χ3v) is 4.01. The van der Waals surface area contributed by atoms with Crippen molar-refractivity contribution < 1.29 is 4.79 Å². The highest BCUT2D eigenvalue weighted by Gasteiger charge is 2.27. The predicted molar refractivity (Wildman–Crippen MR) is 81.2 cm³/mol. The molecule has 3 nitrogen and oxygen atoms in total. The number of likely N-dealkylation sites (tertiary alicyclic amines) is 1. The lowest BCUT2D eigenvalue weighted by atomic mass is 9.94.